The Kier molecular flexibility index (Phi) is 5.20. The van der Waals surface area contributed by atoms with Gasteiger partial charge in [-0.15, -0.1) is 0 Å². The molecule has 0 aromatic heterocycles. The summed E-state index contributed by atoms with van der Waals surface area (Å²) >= 11 is 5.84. The van der Waals surface area contributed by atoms with Crippen LogP contribution in [-0.4, -0.2) is 25.3 Å². The summed E-state index contributed by atoms with van der Waals surface area (Å²) in [5.41, 5.74) is 1.04. The van der Waals surface area contributed by atoms with Crippen molar-refractivity contribution in [3.8, 4) is 0 Å². The lowest BCUT2D eigenvalue weighted by atomic mass is 9.93. The fourth-order valence-electron chi connectivity index (χ4n) is 2.72. The van der Waals surface area contributed by atoms with E-state index in [2.05, 4.69) is 19.2 Å². The van der Waals surface area contributed by atoms with Gasteiger partial charge in [0, 0.05) is 12.6 Å². The van der Waals surface area contributed by atoms with Gasteiger partial charge < -0.3 is 10.1 Å². The van der Waals surface area contributed by atoms with Crippen LogP contribution in [0.15, 0.2) is 18.2 Å². The van der Waals surface area contributed by atoms with Crippen LogP contribution in [0.2, 0.25) is 5.02 Å². The van der Waals surface area contributed by atoms with Crippen molar-refractivity contribution in [3.63, 3.8) is 0 Å². The van der Waals surface area contributed by atoms with Crippen molar-refractivity contribution < 1.29 is 9.13 Å². The smallest absolute Gasteiger partial charge is 0.141 e. The van der Waals surface area contributed by atoms with Crippen LogP contribution in [0.4, 0.5) is 4.39 Å². The number of benzene rings is 1. The monoisotopic (exact) mass is 285 g/mol. The van der Waals surface area contributed by atoms with E-state index in [1.807, 2.05) is 0 Å². The molecule has 0 amide bonds. The summed E-state index contributed by atoms with van der Waals surface area (Å²) in [5.74, 6) is 0.191. The Morgan fingerprint density at radius 3 is 2.89 bits per heavy atom. The molecule has 3 unspecified atom stereocenters. The van der Waals surface area contributed by atoms with Crippen LogP contribution in [0.5, 0.6) is 0 Å². The zero-order chi connectivity index (χ0) is 13.8. The standard InChI is InChI=1S/C15H21ClFNO/c1-3-18-14(15-10(2)6-7-19-15)9-11-4-5-13(17)12(16)8-11/h4-5,8,10,14-15,18H,3,6-7,9H2,1-2H3. The van der Waals surface area contributed by atoms with Gasteiger partial charge >= 0.3 is 0 Å². The zero-order valence-corrected chi connectivity index (χ0v) is 12.2. The van der Waals surface area contributed by atoms with Gasteiger partial charge in [0.2, 0.25) is 0 Å². The summed E-state index contributed by atoms with van der Waals surface area (Å²) in [6, 6.07) is 5.19. The van der Waals surface area contributed by atoms with E-state index >= 15 is 0 Å². The van der Waals surface area contributed by atoms with Crippen LogP contribution < -0.4 is 5.32 Å². The third kappa shape index (κ3) is 3.68. The Labute approximate surface area is 119 Å². The van der Waals surface area contributed by atoms with Crippen molar-refractivity contribution in [1.82, 2.24) is 5.32 Å². The van der Waals surface area contributed by atoms with Gasteiger partial charge in [0.1, 0.15) is 5.82 Å². The summed E-state index contributed by atoms with van der Waals surface area (Å²) in [5, 5.41) is 3.66. The summed E-state index contributed by atoms with van der Waals surface area (Å²) in [7, 11) is 0. The number of likely N-dealkylation sites (N-methyl/N-ethyl adjacent to an activating group) is 1. The second kappa shape index (κ2) is 6.69. The highest BCUT2D eigenvalue weighted by molar-refractivity contribution is 6.30. The zero-order valence-electron chi connectivity index (χ0n) is 11.5. The van der Waals surface area contributed by atoms with E-state index < -0.39 is 0 Å². The quantitative estimate of drug-likeness (QED) is 0.895. The molecule has 3 atom stereocenters. The molecule has 2 rings (SSSR count). The minimum absolute atomic E-state index is 0.188. The van der Waals surface area contributed by atoms with Crippen LogP contribution in [0.25, 0.3) is 0 Å². The van der Waals surface area contributed by atoms with Gasteiger partial charge in [-0.2, -0.15) is 0 Å². The average Bonchev–Trinajstić information content (AvgIpc) is 2.79. The van der Waals surface area contributed by atoms with E-state index in [4.69, 9.17) is 16.3 Å². The molecule has 1 aliphatic rings. The molecule has 0 spiro atoms. The van der Waals surface area contributed by atoms with Crippen molar-refractivity contribution in [2.45, 2.75) is 38.8 Å². The Morgan fingerprint density at radius 2 is 2.32 bits per heavy atom. The highest BCUT2D eigenvalue weighted by atomic mass is 35.5. The molecule has 1 aromatic rings. The SMILES string of the molecule is CCNC(Cc1ccc(F)c(Cl)c1)C1OCCC1C. The molecule has 0 aliphatic carbocycles. The first-order chi connectivity index (χ1) is 9.11. The lowest BCUT2D eigenvalue weighted by Crippen LogP contribution is -2.43. The third-order valence-electron chi connectivity index (χ3n) is 3.75. The molecule has 0 radical (unpaired) electrons. The van der Waals surface area contributed by atoms with Crippen LogP contribution in [0.3, 0.4) is 0 Å². The maximum Gasteiger partial charge on any atom is 0.141 e. The van der Waals surface area contributed by atoms with E-state index in [1.165, 1.54) is 6.07 Å². The molecule has 1 saturated heterocycles. The van der Waals surface area contributed by atoms with Gasteiger partial charge in [-0.3, -0.25) is 0 Å². The van der Waals surface area contributed by atoms with Crippen molar-refractivity contribution in [3.05, 3.63) is 34.6 Å². The van der Waals surface area contributed by atoms with Gasteiger partial charge in [0.25, 0.3) is 0 Å². The molecular weight excluding hydrogens is 265 g/mol. The number of hydrogen-bond donors (Lipinski definition) is 1. The molecule has 1 aliphatic heterocycles. The number of ether oxygens (including phenoxy) is 1. The Hall–Kier alpha value is -0.640. The largest absolute Gasteiger partial charge is 0.376 e. The predicted octanol–water partition coefficient (Wildman–Crippen LogP) is 3.42. The van der Waals surface area contributed by atoms with Gasteiger partial charge in [-0.25, -0.2) is 4.39 Å². The lowest BCUT2D eigenvalue weighted by Gasteiger charge is -2.27. The average molecular weight is 286 g/mol. The van der Waals surface area contributed by atoms with Crippen LogP contribution in [0.1, 0.15) is 25.8 Å². The van der Waals surface area contributed by atoms with Crippen LogP contribution in [0, 0.1) is 11.7 Å². The molecule has 106 valence electrons. The van der Waals surface area contributed by atoms with Gasteiger partial charge in [-0.1, -0.05) is 31.5 Å². The predicted molar refractivity (Wildman–Crippen MR) is 76.1 cm³/mol. The van der Waals surface area contributed by atoms with Crippen molar-refractivity contribution in [2.75, 3.05) is 13.2 Å². The topological polar surface area (TPSA) is 21.3 Å². The fraction of sp³-hybridized carbons (Fsp3) is 0.600. The Morgan fingerprint density at radius 1 is 1.53 bits per heavy atom. The molecule has 0 bridgehead atoms. The van der Waals surface area contributed by atoms with Crippen molar-refractivity contribution in [1.29, 1.82) is 0 Å². The van der Waals surface area contributed by atoms with E-state index in [1.54, 1.807) is 12.1 Å². The highest BCUT2D eigenvalue weighted by Crippen LogP contribution is 2.25. The van der Waals surface area contributed by atoms with Crippen LogP contribution in [-0.2, 0) is 11.2 Å². The molecule has 1 N–H and O–H groups in total. The fourth-order valence-corrected chi connectivity index (χ4v) is 2.92. The minimum Gasteiger partial charge on any atom is -0.376 e. The summed E-state index contributed by atoms with van der Waals surface area (Å²) in [6.45, 7) is 6.04. The van der Waals surface area contributed by atoms with Gasteiger partial charge in [-0.05, 0) is 43.0 Å². The molecule has 0 saturated carbocycles. The minimum atomic E-state index is -0.365. The molecule has 1 heterocycles. The Balaban J connectivity index is 2.09. The van der Waals surface area contributed by atoms with Crippen molar-refractivity contribution >= 4 is 11.6 Å². The first kappa shape index (κ1) is 14.8. The molecular formula is C15H21ClFNO. The number of hydrogen-bond acceptors (Lipinski definition) is 2. The number of halogens is 2. The molecule has 2 nitrogen and oxygen atoms in total. The lowest BCUT2D eigenvalue weighted by molar-refractivity contribution is 0.0615. The van der Waals surface area contributed by atoms with Crippen LogP contribution >= 0.6 is 11.6 Å². The third-order valence-corrected chi connectivity index (χ3v) is 4.04. The molecule has 19 heavy (non-hydrogen) atoms. The molecule has 1 fully saturated rings. The normalized spacial score (nSPS) is 24.6. The maximum absolute atomic E-state index is 13.2. The molecule has 4 heteroatoms. The summed E-state index contributed by atoms with van der Waals surface area (Å²) in [4.78, 5) is 0. The van der Waals surface area contributed by atoms with Gasteiger partial charge in [0.15, 0.2) is 0 Å². The molecule has 1 aromatic carbocycles. The highest BCUT2D eigenvalue weighted by Gasteiger charge is 2.31. The second-order valence-electron chi connectivity index (χ2n) is 5.22. The second-order valence-corrected chi connectivity index (χ2v) is 5.63. The van der Waals surface area contributed by atoms with Crippen molar-refractivity contribution in [2.24, 2.45) is 5.92 Å². The summed E-state index contributed by atoms with van der Waals surface area (Å²) in [6.07, 6.45) is 2.14. The Bertz CT molecular complexity index is 427. The maximum atomic E-state index is 13.2. The first-order valence-corrected chi connectivity index (χ1v) is 7.28. The number of nitrogens with one attached hydrogen (secondary N) is 1. The van der Waals surface area contributed by atoms with E-state index in [0.717, 1.165) is 31.6 Å². The van der Waals surface area contributed by atoms with E-state index in [9.17, 15) is 4.39 Å². The number of rotatable bonds is 5. The first-order valence-electron chi connectivity index (χ1n) is 6.90. The van der Waals surface area contributed by atoms with E-state index in [0.29, 0.717) is 5.92 Å². The summed E-state index contributed by atoms with van der Waals surface area (Å²) < 4.78 is 19.0. The van der Waals surface area contributed by atoms with E-state index in [-0.39, 0.29) is 23.0 Å². The van der Waals surface area contributed by atoms with Gasteiger partial charge in [0.05, 0.1) is 11.1 Å².